The number of furan rings is 1. The fraction of sp³-hybridized carbons (Fsp3) is 0. The first-order valence-electron chi connectivity index (χ1n) is 20.8. The zero-order valence-electron chi connectivity index (χ0n) is 33.5. The fourth-order valence-electron chi connectivity index (χ4n) is 8.91. The molecule has 0 aliphatic heterocycles. The molecular weight excluding hydrogens is 757 g/mol. The second-order valence-corrected chi connectivity index (χ2v) is 15.6. The van der Waals surface area contributed by atoms with Crippen molar-refractivity contribution < 1.29 is 4.42 Å². The molecule has 0 saturated heterocycles. The molecule has 0 spiro atoms. The van der Waals surface area contributed by atoms with Crippen LogP contribution in [0, 0.1) is 0 Å². The molecule has 0 fully saturated rings. The van der Waals surface area contributed by atoms with Crippen LogP contribution in [0.5, 0.6) is 0 Å². The zero-order valence-corrected chi connectivity index (χ0v) is 33.5. The molecule has 5 nitrogen and oxygen atoms in total. The molecule has 0 bridgehead atoms. The average molecular weight is 793 g/mol. The molecule has 0 unspecified atom stereocenters. The maximum Gasteiger partial charge on any atom is 0.164 e. The average Bonchev–Trinajstić information content (AvgIpc) is 3.90. The van der Waals surface area contributed by atoms with Gasteiger partial charge in [-0.2, -0.15) is 0 Å². The van der Waals surface area contributed by atoms with Crippen molar-refractivity contribution in [2.24, 2.45) is 0 Å². The Balaban J connectivity index is 0.996. The fourth-order valence-corrected chi connectivity index (χ4v) is 8.91. The van der Waals surface area contributed by atoms with E-state index in [0.717, 1.165) is 77.6 Å². The van der Waals surface area contributed by atoms with Crippen LogP contribution in [0.1, 0.15) is 0 Å². The largest absolute Gasteiger partial charge is 0.455 e. The van der Waals surface area contributed by atoms with E-state index in [9.17, 15) is 0 Å². The standard InChI is InChI=1S/C57H36N4O/c1-4-15-37(16-5-1)38-29-31-39(32-30-38)46-25-14-27-50-48-34-33-42(36-52(48)62-54(46)50)45-24-13-26-49-47-23-10-11-28-51(47)61(53(45)49)44-22-12-21-43(35-44)57-59-55(40-17-6-2-7-18-40)58-56(60-57)41-19-8-3-9-20-41/h1-36H. The molecule has 3 aromatic heterocycles. The first-order chi connectivity index (χ1) is 30.7. The smallest absolute Gasteiger partial charge is 0.164 e. The highest BCUT2D eigenvalue weighted by Crippen LogP contribution is 2.42. The topological polar surface area (TPSA) is 56.7 Å². The van der Waals surface area contributed by atoms with Crippen molar-refractivity contribution in [3.63, 3.8) is 0 Å². The van der Waals surface area contributed by atoms with E-state index in [2.05, 4.69) is 156 Å². The van der Waals surface area contributed by atoms with Gasteiger partial charge in [0, 0.05) is 55.0 Å². The Morgan fingerprint density at radius 2 is 0.839 bits per heavy atom. The second kappa shape index (κ2) is 14.7. The Kier molecular flexibility index (Phi) is 8.42. The van der Waals surface area contributed by atoms with Gasteiger partial charge in [-0.3, -0.25) is 0 Å². The molecule has 0 N–H and O–H groups in total. The third kappa shape index (κ3) is 6.06. The van der Waals surface area contributed by atoms with Crippen LogP contribution < -0.4 is 0 Å². The van der Waals surface area contributed by atoms with E-state index < -0.39 is 0 Å². The molecule has 62 heavy (non-hydrogen) atoms. The van der Waals surface area contributed by atoms with Crippen molar-refractivity contribution >= 4 is 43.7 Å². The van der Waals surface area contributed by atoms with Gasteiger partial charge in [0.15, 0.2) is 17.5 Å². The summed E-state index contributed by atoms with van der Waals surface area (Å²) in [6.45, 7) is 0. The maximum atomic E-state index is 6.82. The Hall–Kier alpha value is -8.41. The summed E-state index contributed by atoms with van der Waals surface area (Å²) in [7, 11) is 0. The number of rotatable bonds is 7. The quantitative estimate of drug-likeness (QED) is 0.161. The number of fused-ring (bicyclic) bond motifs is 6. The molecule has 12 rings (SSSR count). The number of hydrogen-bond acceptors (Lipinski definition) is 4. The molecule has 290 valence electrons. The Labute approximate surface area is 357 Å². The van der Waals surface area contributed by atoms with Crippen LogP contribution in [0.3, 0.4) is 0 Å². The second-order valence-electron chi connectivity index (χ2n) is 15.6. The minimum atomic E-state index is 0.613. The van der Waals surface area contributed by atoms with Crippen LogP contribution in [0.4, 0.5) is 0 Å². The van der Waals surface area contributed by atoms with Crippen LogP contribution in [-0.2, 0) is 0 Å². The first-order valence-corrected chi connectivity index (χ1v) is 20.8. The minimum Gasteiger partial charge on any atom is -0.455 e. The highest BCUT2D eigenvalue weighted by molar-refractivity contribution is 6.15. The first kappa shape index (κ1) is 35.5. The number of nitrogens with zero attached hydrogens (tertiary/aromatic N) is 4. The summed E-state index contributed by atoms with van der Waals surface area (Å²) in [4.78, 5) is 15.0. The lowest BCUT2D eigenvalue weighted by molar-refractivity contribution is 0.670. The predicted octanol–water partition coefficient (Wildman–Crippen LogP) is 14.9. The number of para-hydroxylation sites is 3. The van der Waals surface area contributed by atoms with Gasteiger partial charge in [-0.25, -0.2) is 15.0 Å². The molecule has 0 atom stereocenters. The van der Waals surface area contributed by atoms with Crippen molar-refractivity contribution in [2.45, 2.75) is 0 Å². The molecule has 0 amide bonds. The maximum absolute atomic E-state index is 6.82. The van der Waals surface area contributed by atoms with Crippen LogP contribution in [0.2, 0.25) is 0 Å². The number of hydrogen-bond donors (Lipinski definition) is 0. The van der Waals surface area contributed by atoms with Crippen molar-refractivity contribution in [3.05, 3.63) is 218 Å². The third-order valence-corrected chi connectivity index (χ3v) is 11.9. The van der Waals surface area contributed by atoms with Gasteiger partial charge in [0.2, 0.25) is 0 Å². The van der Waals surface area contributed by atoms with E-state index in [0.29, 0.717) is 17.5 Å². The SMILES string of the molecule is c1ccc(-c2ccc(-c3cccc4c3oc3cc(-c5cccc6c7ccccc7n(-c7cccc(-c8nc(-c9ccccc9)nc(-c9ccccc9)n8)c7)c56)ccc34)cc2)cc1. The lowest BCUT2D eigenvalue weighted by Crippen LogP contribution is -2.01. The van der Waals surface area contributed by atoms with Gasteiger partial charge >= 0.3 is 0 Å². The van der Waals surface area contributed by atoms with Crippen molar-refractivity contribution in [1.82, 2.24) is 19.5 Å². The molecule has 0 aliphatic carbocycles. The van der Waals surface area contributed by atoms with E-state index in [1.165, 1.54) is 21.9 Å². The van der Waals surface area contributed by atoms with Crippen LogP contribution in [0.25, 0.3) is 117 Å². The minimum absolute atomic E-state index is 0.613. The number of benzene rings is 9. The monoisotopic (exact) mass is 792 g/mol. The van der Waals surface area contributed by atoms with Crippen LogP contribution >= 0.6 is 0 Å². The molecule has 12 aromatic rings. The molecule has 0 radical (unpaired) electrons. The Morgan fingerprint density at radius 3 is 1.55 bits per heavy atom. The van der Waals surface area contributed by atoms with E-state index in [1.807, 2.05) is 66.7 Å². The van der Waals surface area contributed by atoms with Crippen LogP contribution in [-0.4, -0.2) is 19.5 Å². The van der Waals surface area contributed by atoms with Crippen molar-refractivity contribution in [1.29, 1.82) is 0 Å². The highest BCUT2D eigenvalue weighted by atomic mass is 16.3. The van der Waals surface area contributed by atoms with Gasteiger partial charge in [-0.15, -0.1) is 0 Å². The van der Waals surface area contributed by atoms with Gasteiger partial charge in [0.25, 0.3) is 0 Å². The Morgan fingerprint density at radius 1 is 0.323 bits per heavy atom. The van der Waals surface area contributed by atoms with E-state index in [1.54, 1.807) is 0 Å². The summed E-state index contributed by atoms with van der Waals surface area (Å²) < 4.78 is 9.20. The molecule has 0 aliphatic rings. The third-order valence-electron chi connectivity index (χ3n) is 11.9. The van der Waals surface area contributed by atoms with E-state index in [4.69, 9.17) is 19.4 Å². The molecule has 5 heteroatoms. The van der Waals surface area contributed by atoms with E-state index in [-0.39, 0.29) is 0 Å². The normalized spacial score (nSPS) is 11.5. The summed E-state index contributed by atoms with van der Waals surface area (Å²) in [6.07, 6.45) is 0. The Bertz CT molecular complexity index is 3550. The highest BCUT2D eigenvalue weighted by Gasteiger charge is 2.20. The predicted molar refractivity (Wildman–Crippen MR) is 254 cm³/mol. The summed E-state index contributed by atoms with van der Waals surface area (Å²) in [5.74, 6) is 1.88. The lowest BCUT2D eigenvalue weighted by Gasteiger charge is -2.13. The van der Waals surface area contributed by atoms with Gasteiger partial charge < -0.3 is 8.98 Å². The molecule has 3 heterocycles. The molecule has 0 saturated carbocycles. The summed E-state index contributed by atoms with van der Waals surface area (Å²) >= 11 is 0. The van der Waals surface area contributed by atoms with Gasteiger partial charge in [-0.05, 0) is 52.6 Å². The summed E-state index contributed by atoms with van der Waals surface area (Å²) in [6, 6.07) is 76.3. The van der Waals surface area contributed by atoms with Gasteiger partial charge in [-0.1, -0.05) is 188 Å². The zero-order chi connectivity index (χ0) is 41.0. The van der Waals surface area contributed by atoms with Crippen molar-refractivity contribution in [2.75, 3.05) is 0 Å². The lowest BCUT2D eigenvalue weighted by atomic mass is 9.98. The van der Waals surface area contributed by atoms with E-state index >= 15 is 0 Å². The summed E-state index contributed by atoms with van der Waals surface area (Å²) in [5, 5.41) is 4.55. The van der Waals surface area contributed by atoms with Crippen LogP contribution in [0.15, 0.2) is 223 Å². The molecular formula is C57H36N4O. The van der Waals surface area contributed by atoms with Gasteiger partial charge in [0.05, 0.1) is 11.0 Å². The summed E-state index contributed by atoms with van der Waals surface area (Å²) in [5.41, 5.74) is 14.5. The van der Waals surface area contributed by atoms with Crippen molar-refractivity contribution in [3.8, 4) is 73.2 Å². The molecule has 9 aromatic carbocycles. The number of aromatic nitrogens is 4. The van der Waals surface area contributed by atoms with Gasteiger partial charge in [0.1, 0.15) is 11.2 Å².